The van der Waals surface area contributed by atoms with Gasteiger partial charge in [0.2, 0.25) is 11.8 Å². The number of halogens is 1. The molecule has 7 nitrogen and oxygen atoms in total. The summed E-state index contributed by atoms with van der Waals surface area (Å²) in [6.45, 7) is -0.243. The number of primary amides is 1. The average molecular weight is 390 g/mol. The predicted octanol–water partition coefficient (Wildman–Crippen LogP) is 1.78. The van der Waals surface area contributed by atoms with Crippen LogP contribution in [-0.4, -0.2) is 30.5 Å². The highest BCUT2D eigenvalue weighted by Crippen LogP contribution is 2.11. The lowest BCUT2D eigenvalue weighted by Crippen LogP contribution is -2.49. The van der Waals surface area contributed by atoms with Crippen LogP contribution in [0.5, 0.6) is 0 Å². The largest absolute Gasteiger partial charge is 0.445 e. The van der Waals surface area contributed by atoms with Gasteiger partial charge in [0.05, 0.1) is 0 Å². The third kappa shape index (κ3) is 7.37. The van der Waals surface area contributed by atoms with Crippen molar-refractivity contribution in [2.24, 2.45) is 5.73 Å². The van der Waals surface area contributed by atoms with Gasteiger partial charge in [-0.1, -0.05) is 54.1 Å². The van der Waals surface area contributed by atoms with Crippen LogP contribution in [0.3, 0.4) is 0 Å². The highest BCUT2D eigenvalue weighted by Gasteiger charge is 2.19. The van der Waals surface area contributed by atoms with Gasteiger partial charge in [-0.25, -0.2) is 4.79 Å². The first kappa shape index (κ1) is 20.3. The molecule has 3 amide bonds. The smallest absolute Gasteiger partial charge is 0.407 e. The van der Waals surface area contributed by atoms with Crippen molar-refractivity contribution >= 4 is 29.5 Å². The van der Waals surface area contributed by atoms with Crippen molar-refractivity contribution in [3.8, 4) is 0 Å². The molecular formula is C19H20ClN3O4. The first-order valence-electron chi connectivity index (χ1n) is 8.21. The maximum absolute atomic E-state index is 12.0. The zero-order chi connectivity index (χ0) is 19.6. The van der Waals surface area contributed by atoms with E-state index in [0.717, 1.165) is 11.1 Å². The second-order valence-electron chi connectivity index (χ2n) is 5.77. The van der Waals surface area contributed by atoms with Gasteiger partial charge in [-0.15, -0.1) is 0 Å². The van der Waals surface area contributed by atoms with E-state index in [4.69, 9.17) is 22.1 Å². The second kappa shape index (κ2) is 10.2. The molecule has 0 aromatic heterocycles. The summed E-state index contributed by atoms with van der Waals surface area (Å²) in [5.41, 5.74) is 6.96. The van der Waals surface area contributed by atoms with E-state index in [-0.39, 0.29) is 19.6 Å². The summed E-state index contributed by atoms with van der Waals surface area (Å²) < 4.78 is 5.00. The molecule has 0 aliphatic rings. The van der Waals surface area contributed by atoms with E-state index in [1.807, 2.05) is 30.3 Å². The van der Waals surface area contributed by atoms with Crippen molar-refractivity contribution < 1.29 is 19.1 Å². The first-order valence-corrected chi connectivity index (χ1v) is 8.59. The Morgan fingerprint density at radius 3 is 2.30 bits per heavy atom. The van der Waals surface area contributed by atoms with E-state index < -0.39 is 23.9 Å². The molecule has 0 aliphatic carbocycles. The highest BCUT2D eigenvalue weighted by molar-refractivity contribution is 6.30. The Hall–Kier alpha value is -3.06. The number of hydrogen-bond donors (Lipinski definition) is 3. The number of hydrogen-bond acceptors (Lipinski definition) is 4. The number of rotatable bonds is 8. The van der Waals surface area contributed by atoms with Crippen molar-refractivity contribution in [3.05, 3.63) is 70.7 Å². The Bertz CT molecular complexity index is 781. The van der Waals surface area contributed by atoms with Gasteiger partial charge in [0.15, 0.2) is 0 Å². The lowest BCUT2D eigenvalue weighted by Gasteiger charge is -2.16. The fourth-order valence-corrected chi connectivity index (χ4v) is 2.38. The Morgan fingerprint density at radius 2 is 1.67 bits per heavy atom. The molecule has 0 saturated heterocycles. The molecule has 0 aliphatic heterocycles. The minimum Gasteiger partial charge on any atom is -0.445 e. The Morgan fingerprint density at radius 1 is 1.00 bits per heavy atom. The van der Waals surface area contributed by atoms with Gasteiger partial charge in [-0.2, -0.15) is 0 Å². The third-order valence-electron chi connectivity index (χ3n) is 3.64. The van der Waals surface area contributed by atoms with Gasteiger partial charge in [0, 0.05) is 11.4 Å². The molecule has 4 N–H and O–H groups in total. The monoisotopic (exact) mass is 389 g/mol. The van der Waals surface area contributed by atoms with Crippen LogP contribution in [0.2, 0.25) is 5.02 Å². The number of alkyl carbamates (subject to hydrolysis) is 1. The summed E-state index contributed by atoms with van der Waals surface area (Å²) in [4.78, 5) is 35.2. The normalized spacial score (nSPS) is 11.3. The second-order valence-corrected chi connectivity index (χ2v) is 6.20. The number of nitrogens with one attached hydrogen (secondary N) is 2. The molecule has 0 heterocycles. The van der Waals surface area contributed by atoms with Crippen molar-refractivity contribution in [3.63, 3.8) is 0 Å². The number of carbonyl (C=O) groups is 3. The summed E-state index contributed by atoms with van der Waals surface area (Å²) in [6.07, 6.45) is -0.515. The Labute approximate surface area is 161 Å². The number of benzene rings is 2. The average Bonchev–Trinajstić information content (AvgIpc) is 2.66. The fraction of sp³-hybridized carbons (Fsp3) is 0.211. The van der Waals surface area contributed by atoms with Crippen LogP contribution in [0.4, 0.5) is 4.79 Å². The zero-order valence-electron chi connectivity index (χ0n) is 14.5. The number of nitrogens with two attached hydrogens (primary N) is 1. The molecule has 2 aromatic carbocycles. The van der Waals surface area contributed by atoms with Gasteiger partial charge in [-0.05, 0) is 23.3 Å². The fourth-order valence-electron chi connectivity index (χ4n) is 2.25. The molecule has 27 heavy (non-hydrogen) atoms. The van der Waals surface area contributed by atoms with E-state index in [1.165, 1.54) is 0 Å². The molecule has 0 unspecified atom stereocenters. The number of ether oxygens (including phenoxy) is 1. The molecule has 0 fully saturated rings. The molecule has 2 aromatic rings. The zero-order valence-corrected chi connectivity index (χ0v) is 15.2. The first-order chi connectivity index (χ1) is 12.9. The highest BCUT2D eigenvalue weighted by atomic mass is 35.5. The van der Waals surface area contributed by atoms with Crippen LogP contribution < -0.4 is 16.4 Å². The molecule has 0 radical (unpaired) electrons. The van der Waals surface area contributed by atoms with E-state index >= 15 is 0 Å². The van der Waals surface area contributed by atoms with E-state index in [9.17, 15) is 14.4 Å². The van der Waals surface area contributed by atoms with Gasteiger partial charge >= 0.3 is 6.09 Å². The van der Waals surface area contributed by atoms with Crippen molar-refractivity contribution in [2.75, 3.05) is 6.54 Å². The quantitative estimate of drug-likeness (QED) is 0.639. The molecular weight excluding hydrogens is 370 g/mol. The van der Waals surface area contributed by atoms with Gasteiger partial charge < -0.3 is 21.1 Å². The summed E-state index contributed by atoms with van der Waals surface area (Å²) in [5, 5.41) is 5.38. The van der Waals surface area contributed by atoms with E-state index in [1.54, 1.807) is 24.3 Å². The lowest BCUT2D eigenvalue weighted by molar-refractivity contribution is -0.126. The minimum absolute atomic E-state index is 0.0920. The summed E-state index contributed by atoms with van der Waals surface area (Å²) >= 11 is 5.82. The topological polar surface area (TPSA) is 111 Å². The van der Waals surface area contributed by atoms with Crippen LogP contribution in [-0.2, 0) is 27.4 Å². The third-order valence-corrected chi connectivity index (χ3v) is 3.89. The van der Waals surface area contributed by atoms with E-state index in [0.29, 0.717) is 5.02 Å². The van der Waals surface area contributed by atoms with Crippen LogP contribution in [0.15, 0.2) is 54.6 Å². The molecule has 0 bridgehead atoms. The number of carbonyl (C=O) groups excluding carboxylic acids is 3. The summed E-state index contributed by atoms with van der Waals surface area (Å²) in [6, 6.07) is 15.1. The maximum Gasteiger partial charge on any atom is 0.407 e. The number of amides is 3. The van der Waals surface area contributed by atoms with Crippen molar-refractivity contribution in [1.29, 1.82) is 0 Å². The van der Waals surface area contributed by atoms with Crippen LogP contribution in [0.1, 0.15) is 11.1 Å². The molecule has 2 rings (SSSR count). The van der Waals surface area contributed by atoms with Crippen LogP contribution >= 0.6 is 11.6 Å². The van der Waals surface area contributed by atoms with Gasteiger partial charge in [0.1, 0.15) is 19.2 Å². The van der Waals surface area contributed by atoms with E-state index in [2.05, 4.69) is 10.6 Å². The van der Waals surface area contributed by atoms with Gasteiger partial charge in [0.25, 0.3) is 0 Å². The Kier molecular flexibility index (Phi) is 7.63. The Balaban J connectivity index is 1.77. The van der Waals surface area contributed by atoms with Crippen molar-refractivity contribution in [1.82, 2.24) is 10.6 Å². The molecule has 8 heteroatoms. The molecule has 0 spiro atoms. The minimum atomic E-state index is -0.902. The van der Waals surface area contributed by atoms with Crippen molar-refractivity contribution in [2.45, 2.75) is 19.1 Å². The SMILES string of the molecule is NC(=O)[C@@H](Cc1ccc(Cl)cc1)NC(=O)CNC(=O)OCc1ccccc1. The van der Waals surface area contributed by atoms with Gasteiger partial charge in [-0.3, -0.25) is 9.59 Å². The lowest BCUT2D eigenvalue weighted by atomic mass is 10.1. The predicted molar refractivity (Wildman–Crippen MR) is 101 cm³/mol. The molecule has 142 valence electrons. The molecule has 1 atom stereocenters. The van der Waals surface area contributed by atoms with Crippen LogP contribution in [0.25, 0.3) is 0 Å². The van der Waals surface area contributed by atoms with Crippen LogP contribution in [0, 0.1) is 0 Å². The maximum atomic E-state index is 12.0. The summed E-state index contributed by atoms with van der Waals surface area (Å²) in [5.74, 6) is -1.23. The summed E-state index contributed by atoms with van der Waals surface area (Å²) in [7, 11) is 0. The molecule has 0 saturated carbocycles. The standard InChI is InChI=1S/C19H20ClN3O4/c20-15-8-6-13(7-9-15)10-16(18(21)25)23-17(24)11-22-19(26)27-12-14-4-2-1-3-5-14/h1-9,16H,10-12H2,(H2,21,25)(H,22,26)(H,23,24)/t16-/m1/s1.